The highest BCUT2D eigenvalue weighted by molar-refractivity contribution is 5.80. The second kappa shape index (κ2) is 5.86. The van der Waals surface area contributed by atoms with Crippen LogP contribution in [0.3, 0.4) is 0 Å². The van der Waals surface area contributed by atoms with Crippen LogP contribution in [0.15, 0.2) is 30.5 Å². The van der Waals surface area contributed by atoms with E-state index in [9.17, 15) is 4.79 Å². The lowest BCUT2D eigenvalue weighted by Crippen LogP contribution is -2.44. The monoisotopic (exact) mass is 276 g/mol. The van der Waals surface area contributed by atoms with E-state index in [1.165, 1.54) is 0 Å². The average molecular weight is 276 g/mol. The molecule has 1 saturated heterocycles. The van der Waals surface area contributed by atoms with Crippen molar-refractivity contribution in [2.75, 3.05) is 26.2 Å². The Hall–Kier alpha value is -2.17. The highest BCUT2D eigenvalue weighted by atomic mass is 16.5. The summed E-state index contributed by atoms with van der Waals surface area (Å²) in [5.41, 5.74) is 1.66. The number of likely N-dealkylation sites (N-methyl/N-ethyl adjacent to an activating group) is 1. The van der Waals surface area contributed by atoms with Crippen molar-refractivity contribution in [2.24, 2.45) is 0 Å². The molecule has 1 unspecified atom stereocenters. The number of carbonyl (C=O) groups excluding carboxylic acids is 1. The zero-order valence-corrected chi connectivity index (χ0v) is 12.1. The van der Waals surface area contributed by atoms with E-state index >= 15 is 0 Å². The molecule has 1 aromatic rings. The Bertz CT molecular complexity index is 528. The number of amides is 1. The fraction of sp³-hybridized carbons (Fsp3) is 0.400. The van der Waals surface area contributed by atoms with Crippen LogP contribution in [0, 0.1) is 0 Å². The minimum Gasteiger partial charge on any atom is -0.497 e. The minimum absolute atomic E-state index is 0.0290. The Morgan fingerprint density at radius 1 is 1.35 bits per heavy atom. The topological polar surface area (TPSA) is 50.8 Å². The molecule has 108 valence electrons. The van der Waals surface area contributed by atoms with Crippen LogP contribution in [-0.4, -0.2) is 33.2 Å². The average Bonchev–Trinajstić information content (AvgIpc) is 2.46. The van der Waals surface area contributed by atoms with Crippen molar-refractivity contribution in [3.8, 4) is 11.5 Å². The number of rotatable bonds is 4. The van der Waals surface area contributed by atoms with Gasteiger partial charge in [-0.2, -0.15) is 0 Å². The van der Waals surface area contributed by atoms with Crippen LogP contribution in [0.1, 0.15) is 12.8 Å². The molecule has 0 spiro atoms. The molecule has 1 N–H and O–H groups in total. The fourth-order valence-corrected chi connectivity index (χ4v) is 2.44. The van der Waals surface area contributed by atoms with E-state index in [0.29, 0.717) is 6.42 Å². The summed E-state index contributed by atoms with van der Waals surface area (Å²) in [7, 11) is 5.22. The number of hydrogen-bond donors (Lipinski definition) is 1. The van der Waals surface area contributed by atoms with Crippen molar-refractivity contribution in [1.82, 2.24) is 5.32 Å². The normalized spacial score (nSPS) is 18.4. The molecule has 0 aromatic heterocycles. The first-order chi connectivity index (χ1) is 9.56. The van der Waals surface area contributed by atoms with E-state index in [0.717, 1.165) is 29.3 Å². The largest absolute Gasteiger partial charge is 0.497 e. The van der Waals surface area contributed by atoms with E-state index in [4.69, 9.17) is 9.47 Å². The highest BCUT2D eigenvalue weighted by Crippen LogP contribution is 2.34. The van der Waals surface area contributed by atoms with Gasteiger partial charge in [0.05, 0.1) is 25.9 Å². The van der Waals surface area contributed by atoms with Gasteiger partial charge in [0.2, 0.25) is 5.91 Å². The molecular formula is C15H20N2O3. The molecule has 2 rings (SSSR count). The van der Waals surface area contributed by atoms with Crippen LogP contribution in [-0.2, 0) is 4.79 Å². The van der Waals surface area contributed by atoms with Crippen LogP contribution in [0.2, 0.25) is 0 Å². The maximum absolute atomic E-state index is 11.4. The number of methoxy groups -OCH3 is 2. The maximum atomic E-state index is 11.4. The molecule has 20 heavy (non-hydrogen) atoms. The molecule has 0 aliphatic carbocycles. The molecule has 0 radical (unpaired) electrons. The molecule has 1 heterocycles. The van der Waals surface area contributed by atoms with Crippen LogP contribution in [0.5, 0.6) is 11.5 Å². The molecule has 5 heteroatoms. The molecule has 5 nitrogen and oxygen atoms in total. The van der Waals surface area contributed by atoms with Gasteiger partial charge >= 0.3 is 0 Å². The van der Waals surface area contributed by atoms with Gasteiger partial charge in [0.15, 0.2) is 0 Å². The second-order valence-corrected chi connectivity index (χ2v) is 4.78. The van der Waals surface area contributed by atoms with E-state index in [1.54, 1.807) is 14.2 Å². The fourth-order valence-electron chi connectivity index (χ4n) is 2.44. The molecular weight excluding hydrogens is 256 g/mol. The SMILES string of the molecule is C=C1NC(=O)CCC1N(C)c1ccc(OC)cc1OC. The smallest absolute Gasteiger partial charge is 0.224 e. The van der Waals surface area contributed by atoms with Gasteiger partial charge in [-0.25, -0.2) is 0 Å². The van der Waals surface area contributed by atoms with Crippen LogP contribution >= 0.6 is 0 Å². The number of nitrogens with zero attached hydrogens (tertiary/aromatic N) is 1. The van der Waals surface area contributed by atoms with Gasteiger partial charge in [0, 0.05) is 25.2 Å². The lowest BCUT2D eigenvalue weighted by molar-refractivity contribution is -0.121. The van der Waals surface area contributed by atoms with E-state index < -0.39 is 0 Å². The zero-order chi connectivity index (χ0) is 14.7. The Morgan fingerprint density at radius 3 is 2.70 bits per heavy atom. The molecule has 1 aliphatic rings. The van der Waals surface area contributed by atoms with Gasteiger partial charge in [0.1, 0.15) is 11.5 Å². The number of benzene rings is 1. The molecule has 1 fully saturated rings. The summed E-state index contributed by atoms with van der Waals surface area (Å²) >= 11 is 0. The zero-order valence-electron chi connectivity index (χ0n) is 12.1. The molecule has 0 bridgehead atoms. The van der Waals surface area contributed by atoms with Crippen molar-refractivity contribution in [1.29, 1.82) is 0 Å². The summed E-state index contributed by atoms with van der Waals surface area (Å²) in [6.07, 6.45) is 1.25. The highest BCUT2D eigenvalue weighted by Gasteiger charge is 2.26. The molecule has 1 aliphatic heterocycles. The Morgan fingerprint density at radius 2 is 2.10 bits per heavy atom. The van der Waals surface area contributed by atoms with Gasteiger partial charge in [-0.15, -0.1) is 0 Å². The predicted octanol–water partition coefficient (Wildman–Crippen LogP) is 1.93. The van der Waals surface area contributed by atoms with Gasteiger partial charge in [-0.1, -0.05) is 6.58 Å². The van der Waals surface area contributed by atoms with Crippen molar-refractivity contribution >= 4 is 11.6 Å². The van der Waals surface area contributed by atoms with Gasteiger partial charge in [0.25, 0.3) is 0 Å². The number of nitrogens with one attached hydrogen (secondary N) is 1. The first-order valence-corrected chi connectivity index (χ1v) is 6.50. The molecule has 1 amide bonds. The summed E-state index contributed by atoms with van der Waals surface area (Å²) < 4.78 is 10.6. The van der Waals surface area contributed by atoms with Crippen molar-refractivity contribution in [2.45, 2.75) is 18.9 Å². The lowest BCUT2D eigenvalue weighted by atomic mass is 10.0. The minimum atomic E-state index is 0.0290. The predicted molar refractivity (Wildman–Crippen MR) is 78.3 cm³/mol. The first-order valence-electron chi connectivity index (χ1n) is 6.50. The third kappa shape index (κ3) is 2.71. The Balaban J connectivity index is 2.26. The van der Waals surface area contributed by atoms with Crippen LogP contribution in [0.4, 0.5) is 5.69 Å². The summed E-state index contributed by atoms with van der Waals surface area (Å²) in [6, 6.07) is 5.74. The summed E-state index contributed by atoms with van der Waals surface area (Å²) in [5.74, 6) is 1.51. The Labute approximate surface area is 119 Å². The first kappa shape index (κ1) is 14.2. The van der Waals surface area contributed by atoms with E-state index in [-0.39, 0.29) is 11.9 Å². The van der Waals surface area contributed by atoms with E-state index in [1.807, 2.05) is 25.2 Å². The van der Waals surface area contributed by atoms with E-state index in [2.05, 4.69) is 16.8 Å². The third-order valence-corrected chi connectivity index (χ3v) is 3.58. The van der Waals surface area contributed by atoms with Crippen molar-refractivity contribution < 1.29 is 14.3 Å². The standard InChI is InChI=1S/C15H20N2O3/c1-10-12(7-8-15(18)16-10)17(2)13-6-5-11(19-3)9-14(13)20-4/h5-6,9,12H,1,7-8H2,2-4H3,(H,16,18). The maximum Gasteiger partial charge on any atom is 0.224 e. The number of carbonyl (C=O) groups is 1. The second-order valence-electron chi connectivity index (χ2n) is 4.78. The third-order valence-electron chi connectivity index (χ3n) is 3.58. The Kier molecular flexibility index (Phi) is 4.17. The molecule has 1 atom stereocenters. The summed E-state index contributed by atoms with van der Waals surface area (Å²) in [5, 5.41) is 2.80. The van der Waals surface area contributed by atoms with Crippen molar-refractivity contribution in [3.05, 3.63) is 30.5 Å². The molecule has 1 aromatic carbocycles. The quantitative estimate of drug-likeness (QED) is 0.913. The van der Waals surface area contributed by atoms with Gasteiger partial charge in [-0.3, -0.25) is 4.79 Å². The molecule has 0 saturated carbocycles. The number of hydrogen-bond acceptors (Lipinski definition) is 4. The summed E-state index contributed by atoms with van der Waals surface area (Å²) in [6.45, 7) is 3.94. The number of anilines is 1. The number of ether oxygens (including phenoxy) is 2. The van der Waals surface area contributed by atoms with Crippen molar-refractivity contribution in [3.63, 3.8) is 0 Å². The lowest BCUT2D eigenvalue weighted by Gasteiger charge is -2.35. The van der Waals surface area contributed by atoms with Gasteiger partial charge in [-0.05, 0) is 18.6 Å². The van der Waals surface area contributed by atoms with Gasteiger partial charge < -0.3 is 19.7 Å². The summed E-state index contributed by atoms with van der Waals surface area (Å²) in [4.78, 5) is 13.4. The van der Waals surface area contributed by atoms with Crippen LogP contribution < -0.4 is 19.7 Å². The van der Waals surface area contributed by atoms with Crippen LogP contribution in [0.25, 0.3) is 0 Å². The number of piperidine rings is 1.